The molecule has 0 bridgehead atoms. The minimum atomic E-state index is 0.0645. The molecule has 5 heteroatoms. The topological polar surface area (TPSA) is 43.0 Å². The van der Waals surface area contributed by atoms with Crippen LogP contribution in [0.1, 0.15) is 28.3 Å². The second kappa shape index (κ2) is 7.05. The molecule has 3 rings (SSSR count). The Kier molecular flexibility index (Phi) is 5.01. The first kappa shape index (κ1) is 17.8. The molecule has 0 aliphatic heterocycles. The molecule has 0 fully saturated rings. The normalized spacial score (nSPS) is 12.0. The molecule has 0 saturated heterocycles. The number of rotatable bonds is 4. The van der Waals surface area contributed by atoms with E-state index in [2.05, 4.69) is 73.2 Å². The zero-order chi connectivity index (χ0) is 18.1. The second-order valence-corrected chi connectivity index (χ2v) is 7.62. The molecule has 0 unspecified atom stereocenters. The van der Waals surface area contributed by atoms with E-state index >= 15 is 0 Å². The first-order valence-corrected chi connectivity index (χ1v) is 9.53. The van der Waals surface area contributed by atoms with Crippen LogP contribution in [0.5, 0.6) is 0 Å². The Morgan fingerprint density at radius 3 is 1.68 bits per heavy atom. The van der Waals surface area contributed by atoms with Crippen molar-refractivity contribution in [3.8, 4) is 11.6 Å². The van der Waals surface area contributed by atoms with E-state index in [1.165, 1.54) is 4.44 Å². The maximum Gasteiger partial charge on any atom is 0.259 e. The van der Waals surface area contributed by atoms with Crippen molar-refractivity contribution in [1.29, 1.82) is 0 Å². The fraction of sp³-hybridized carbons (Fsp3) is 0.250. The van der Waals surface area contributed by atoms with E-state index < -0.39 is 0 Å². The molecule has 3 heterocycles. The number of aryl methyl sites for hydroxylation is 4. The maximum atomic E-state index is 9.30. The van der Waals surface area contributed by atoms with Crippen LogP contribution in [-0.4, -0.2) is 42.1 Å². The third-order valence-corrected chi connectivity index (χ3v) is 5.64. The molecule has 0 aromatic carbocycles. The van der Waals surface area contributed by atoms with E-state index in [0.717, 1.165) is 56.3 Å². The highest BCUT2D eigenvalue weighted by Gasteiger charge is 2.12. The molecule has 0 aliphatic carbocycles. The number of hydrogen-bond acceptors (Lipinski definition) is 2. The summed E-state index contributed by atoms with van der Waals surface area (Å²) in [5.41, 5.74) is 5.77. The Bertz CT molecular complexity index is 847. The fourth-order valence-electron chi connectivity index (χ4n) is 3.27. The van der Waals surface area contributed by atoms with Crippen molar-refractivity contribution in [2.45, 2.75) is 27.7 Å². The molecule has 0 radical (unpaired) electrons. The van der Waals surface area contributed by atoms with Crippen LogP contribution in [0, 0.1) is 27.7 Å². The van der Waals surface area contributed by atoms with Crippen LogP contribution >= 0.6 is 0 Å². The first-order chi connectivity index (χ1) is 11.9. The molecule has 128 valence electrons. The molecule has 1 N–H and O–H groups in total. The molecule has 25 heavy (non-hydrogen) atoms. The van der Waals surface area contributed by atoms with Crippen LogP contribution in [0.3, 0.4) is 0 Å². The minimum Gasteiger partial charge on any atom is -0.392 e. The quantitative estimate of drug-likeness (QED) is 0.736. The number of pyridine rings is 1. The average Bonchev–Trinajstić information content (AvgIpc) is 3.09. The monoisotopic (exact) mass is 349 g/mol. The Labute approximate surface area is 156 Å². The summed E-state index contributed by atoms with van der Waals surface area (Å²) in [5.74, 6) is 1.83. The molecule has 0 amide bonds. The number of aromatic nitrogens is 3. The van der Waals surface area contributed by atoms with Gasteiger partial charge in [-0.2, -0.15) is 0 Å². The molecule has 0 atom stereocenters. The van der Waals surface area contributed by atoms with Gasteiger partial charge >= 0.3 is 0 Å². The number of nitrogens with zero attached hydrogens (tertiary/aromatic N) is 3. The van der Waals surface area contributed by atoms with Crippen LogP contribution < -0.4 is 0 Å². The van der Waals surface area contributed by atoms with E-state index in [1.54, 1.807) is 0 Å². The molecule has 3 aromatic rings. The summed E-state index contributed by atoms with van der Waals surface area (Å²) in [6.07, 6.45) is 1.89. The van der Waals surface area contributed by atoms with E-state index in [1.807, 2.05) is 6.08 Å². The molecule has 0 aliphatic rings. The highest BCUT2D eigenvalue weighted by atomic mass is 27.0. The van der Waals surface area contributed by atoms with Crippen molar-refractivity contribution >= 4 is 20.7 Å². The van der Waals surface area contributed by atoms with Gasteiger partial charge in [-0.05, 0) is 69.7 Å². The summed E-state index contributed by atoms with van der Waals surface area (Å²) in [6.45, 7) is 8.45. The van der Waals surface area contributed by atoms with Crippen LogP contribution in [0.15, 0.2) is 42.5 Å². The predicted octanol–water partition coefficient (Wildman–Crippen LogP) is 2.86. The van der Waals surface area contributed by atoms with Crippen molar-refractivity contribution < 1.29 is 5.11 Å². The molecular formula is C20H24AlN3O. The first-order valence-electron chi connectivity index (χ1n) is 8.53. The lowest BCUT2D eigenvalue weighted by molar-refractivity contribution is 0.343. The zero-order valence-electron chi connectivity index (χ0n) is 15.5. The molecular weight excluding hydrogens is 325 g/mol. The zero-order valence-corrected chi connectivity index (χ0v) is 17.5. The van der Waals surface area contributed by atoms with Gasteiger partial charge in [0.1, 0.15) is 11.6 Å². The Morgan fingerprint density at radius 1 is 0.920 bits per heavy atom. The summed E-state index contributed by atoms with van der Waals surface area (Å²) in [7, 11) is 0. The summed E-state index contributed by atoms with van der Waals surface area (Å²) in [4.78, 5) is 4.96. The highest BCUT2D eigenvalue weighted by Crippen LogP contribution is 2.23. The van der Waals surface area contributed by atoms with Gasteiger partial charge in [-0.15, -0.1) is 4.44 Å². The van der Waals surface area contributed by atoms with Crippen molar-refractivity contribution in [3.05, 3.63) is 70.8 Å². The Balaban J connectivity index is 2.28. The fourth-order valence-corrected chi connectivity index (χ4v) is 3.74. The van der Waals surface area contributed by atoms with Gasteiger partial charge in [0.2, 0.25) is 0 Å². The predicted molar refractivity (Wildman–Crippen MR) is 105 cm³/mol. The van der Waals surface area contributed by atoms with Gasteiger partial charge in [-0.25, -0.2) is 4.98 Å². The van der Waals surface area contributed by atoms with Gasteiger partial charge in [0.05, 0.1) is 6.61 Å². The molecule has 0 spiro atoms. The van der Waals surface area contributed by atoms with E-state index in [4.69, 9.17) is 4.98 Å². The van der Waals surface area contributed by atoms with Crippen LogP contribution in [0.4, 0.5) is 0 Å². The van der Waals surface area contributed by atoms with Gasteiger partial charge < -0.3 is 14.2 Å². The van der Waals surface area contributed by atoms with Crippen LogP contribution in [-0.2, 0) is 0 Å². The van der Waals surface area contributed by atoms with Crippen LogP contribution in [0.25, 0.3) is 16.1 Å². The second-order valence-electron chi connectivity index (χ2n) is 6.54. The molecule has 0 saturated carbocycles. The van der Waals surface area contributed by atoms with Crippen molar-refractivity contribution in [1.82, 2.24) is 14.1 Å². The lowest BCUT2D eigenvalue weighted by Crippen LogP contribution is -2.08. The number of hydrogen-bond donors (Lipinski definition) is 1. The van der Waals surface area contributed by atoms with E-state index in [0.29, 0.717) is 0 Å². The third-order valence-electron chi connectivity index (χ3n) is 4.65. The molecule has 3 aromatic heterocycles. The lowest BCUT2D eigenvalue weighted by Gasteiger charge is -2.16. The maximum absolute atomic E-state index is 9.30. The van der Waals surface area contributed by atoms with Gasteiger partial charge in [-0.3, -0.25) is 0 Å². The number of aliphatic hydroxyl groups excluding tert-OH is 1. The van der Waals surface area contributed by atoms with Crippen molar-refractivity contribution in [2.24, 2.45) is 0 Å². The lowest BCUT2D eigenvalue weighted by atomic mass is 10.2. The Hall–Kier alpha value is -2.06. The summed E-state index contributed by atoms with van der Waals surface area (Å²) >= 11 is 0.868. The van der Waals surface area contributed by atoms with E-state index in [9.17, 15) is 5.11 Å². The van der Waals surface area contributed by atoms with Gasteiger partial charge in [0.15, 0.2) is 0 Å². The van der Waals surface area contributed by atoms with Gasteiger partial charge in [0, 0.05) is 22.8 Å². The summed E-state index contributed by atoms with van der Waals surface area (Å²) in [5, 5.41) is 9.30. The van der Waals surface area contributed by atoms with Crippen molar-refractivity contribution in [2.75, 3.05) is 6.61 Å². The highest BCUT2D eigenvalue weighted by molar-refractivity contribution is 6.42. The summed E-state index contributed by atoms with van der Waals surface area (Å²) in [6, 6.07) is 12.7. The number of aliphatic hydroxyl groups is 1. The third kappa shape index (κ3) is 3.36. The standard InChI is InChI=1S/C20H22N3O.Al.2H/c1-14-7-8-15(2)22(14)19-12-18(6-5-11-24)13-20(21-19)23-16(3)9-10-17(23)4;;;/h5,7-10,12-13,24H,11H2,1-4H3;;;. The smallest absolute Gasteiger partial charge is 0.259 e. The van der Waals surface area contributed by atoms with E-state index in [-0.39, 0.29) is 6.61 Å². The van der Waals surface area contributed by atoms with Gasteiger partial charge in [-0.1, -0.05) is 6.08 Å². The molecule has 4 nitrogen and oxygen atoms in total. The van der Waals surface area contributed by atoms with Crippen LogP contribution in [0.2, 0.25) is 0 Å². The largest absolute Gasteiger partial charge is 0.392 e. The van der Waals surface area contributed by atoms with Gasteiger partial charge in [0.25, 0.3) is 16.3 Å². The van der Waals surface area contributed by atoms with Crippen molar-refractivity contribution in [3.63, 3.8) is 0 Å². The minimum absolute atomic E-state index is 0.0645. The SMILES string of the molecule is Cc1ccc(C)n1-c1cc(/[C]([AlH2])=C\CO)cc(-n2c(C)ccc2C)n1. The Morgan fingerprint density at radius 2 is 1.32 bits per heavy atom. The average molecular weight is 349 g/mol. The summed E-state index contributed by atoms with van der Waals surface area (Å²) < 4.78 is 5.53.